The van der Waals surface area contributed by atoms with Crippen molar-refractivity contribution in [2.24, 2.45) is 0 Å². The summed E-state index contributed by atoms with van der Waals surface area (Å²) in [5, 5.41) is 3.20. The number of hydrogen-bond donors (Lipinski definition) is 0. The second kappa shape index (κ2) is 7.34. The SMILES string of the molecule is CC1=P[C](C)([Ti][C]2(C)P=C(C)C(C)=C2C)C(C)=C1C.Cl.Cl. The molecule has 0 fully saturated rings. The summed E-state index contributed by atoms with van der Waals surface area (Å²) in [7, 11) is 3.17. The minimum atomic E-state index is -0.0828. The zero-order valence-corrected chi connectivity index (χ0v) is 19.2. The molecule has 0 aromatic rings. The van der Waals surface area contributed by atoms with Crippen LogP contribution in [0.25, 0.3) is 0 Å². The Balaban J connectivity index is 0.00000200. The van der Waals surface area contributed by atoms with E-state index >= 15 is 0 Å². The summed E-state index contributed by atoms with van der Waals surface area (Å²) in [5.74, 6) is 0. The third-order valence-corrected chi connectivity index (χ3v) is 12.5. The van der Waals surface area contributed by atoms with Crippen LogP contribution in [0.3, 0.4) is 0 Å². The molecule has 0 radical (unpaired) electrons. The van der Waals surface area contributed by atoms with Crippen molar-refractivity contribution in [3.8, 4) is 0 Å². The topological polar surface area (TPSA) is 0 Å². The quantitative estimate of drug-likeness (QED) is 0.377. The van der Waals surface area contributed by atoms with Crippen LogP contribution in [0.4, 0.5) is 0 Å². The summed E-state index contributed by atoms with van der Waals surface area (Å²) in [6, 6.07) is 0. The van der Waals surface area contributed by atoms with Gasteiger partial charge in [0.2, 0.25) is 0 Å². The molecule has 0 saturated heterocycles. The molecule has 0 amide bonds. The minimum absolute atomic E-state index is 0. The number of rotatable bonds is 2. The van der Waals surface area contributed by atoms with Crippen molar-refractivity contribution < 1.29 is 19.2 Å². The fourth-order valence-electron chi connectivity index (χ4n) is 3.00. The van der Waals surface area contributed by atoms with Crippen LogP contribution in [0.5, 0.6) is 0 Å². The zero-order chi connectivity index (χ0) is 14.6. The van der Waals surface area contributed by atoms with E-state index in [1.54, 1.807) is 49.3 Å². The van der Waals surface area contributed by atoms with Gasteiger partial charge in [-0.25, -0.2) is 0 Å². The molecular weight excluding hydrogens is 373 g/mol. The van der Waals surface area contributed by atoms with Gasteiger partial charge in [-0.2, -0.15) is 0 Å². The van der Waals surface area contributed by atoms with Crippen LogP contribution >= 0.6 is 41.2 Å². The molecule has 0 aromatic carbocycles. The Kier molecular flexibility index (Phi) is 7.73. The smallest absolute Gasteiger partial charge is 0.147 e. The van der Waals surface area contributed by atoms with Crippen molar-refractivity contribution in [2.45, 2.75) is 62.3 Å². The van der Waals surface area contributed by atoms with E-state index in [0.717, 1.165) is 0 Å². The molecule has 0 bridgehead atoms. The molecule has 2 heterocycles. The molecule has 21 heavy (non-hydrogen) atoms. The van der Waals surface area contributed by atoms with Crippen LogP contribution in [0, 0.1) is 0 Å². The van der Waals surface area contributed by atoms with E-state index in [1.165, 1.54) is 0 Å². The summed E-state index contributed by atoms with van der Waals surface area (Å²) in [4.78, 5) is 0. The Hall–Kier alpha value is 1.11. The average Bonchev–Trinajstić information content (AvgIpc) is 2.61. The monoisotopic (exact) mass is 398 g/mol. The van der Waals surface area contributed by atoms with E-state index in [-0.39, 0.29) is 44.0 Å². The van der Waals surface area contributed by atoms with Gasteiger partial charge in [-0.3, -0.25) is 0 Å². The van der Waals surface area contributed by atoms with Crippen molar-refractivity contribution >= 4 is 51.8 Å². The number of hydrogen-bond acceptors (Lipinski definition) is 0. The predicted octanol–water partition coefficient (Wildman–Crippen LogP) is 6.32. The van der Waals surface area contributed by atoms with Crippen molar-refractivity contribution in [3.63, 3.8) is 0 Å². The standard InChI is InChI=1S/2C8H12P.2ClH.Ti/c2*1-5-6(2)8(4)9-7(5)3;;;/h2*1-4H3;2*1H;. The van der Waals surface area contributed by atoms with Crippen LogP contribution in [-0.2, 0) is 19.2 Å². The molecule has 5 heteroatoms. The summed E-state index contributed by atoms with van der Waals surface area (Å²) in [6.45, 7) is 19.0. The first kappa shape index (κ1) is 22.1. The summed E-state index contributed by atoms with van der Waals surface area (Å²) in [6.07, 6.45) is 0. The van der Waals surface area contributed by atoms with Crippen LogP contribution in [0.15, 0.2) is 22.3 Å². The second-order valence-electron chi connectivity index (χ2n) is 6.16. The minimum Gasteiger partial charge on any atom is -0.147 e. The van der Waals surface area contributed by atoms with Gasteiger partial charge in [0.25, 0.3) is 0 Å². The summed E-state index contributed by atoms with van der Waals surface area (Å²) < 4.78 is 0.921. The van der Waals surface area contributed by atoms with Gasteiger partial charge in [-0.05, 0) is 0 Å². The van der Waals surface area contributed by atoms with Crippen molar-refractivity contribution in [1.82, 2.24) is 0 Å². The molecule has 2 aliphatic heterocycles. The first-order valence-corrected chi connectivity index (χ1v) is 10.2. The fourth-order valence-corrected chi connectivity index (χ4v) is 12.7. The normalized spacial score (nSPS) is 33.1. The molecule has 0 saturated carbocycles. The Morgan fingerprint density at radius 1 is 0.667 bits per heavy atom. The van der Waals surface area contributed by atoms with Crippen LogP contribution < -0.4 is 0 Å². The van der Waals surface area contributed by atoms with Crippen molar-refractivity contribution in [2.75, 3.05) is 0 Å². The van der Waals surface area contributed by atoms with Crippen molar-refractivity contribution in [1.29, 1.82) is 0 Å². The van der Waals surface area contributed by atoms with Crippen LogP contribution in [0.1, 0.15) is 55.4 Å². The molecule has 2 aliphatic rings. The molecule has 0 nitrogen and oxygen atoms in total. The van der Waals surface area contributed by atoms with Crippen LogP contribution in [-0.4, -0.2) is 17.5 Å². The van der Waals surface area contributed by atoms with E-state index in [0.29, 0.717) is 6.92 Å². The van der Waals surface area contributed by atoms with Gasteiger partial charge in [-0.1, -0.05) is 0 Å². The third kappa shape index (κ3) is 3.79. The molecular formula is C16H26Cl2P2Ti. The molecule has 0 N–H and O–H groups in total. The van der Waals surface area contributed by atoms with Gasteiger partial charge in [0.1, 0.15) is 0 Å². The van der Waals surface area contributed by atoms with Gasteiger partial charge < -0.3 is 0 Å². The van der Waals surface area contributed by atoms with Gasteiger partial charge in [0.05, 0.1) is 0 Å². The van der Waals surface area contributed by atoms with Crippen LogP contribution in [0.2, 0.25) is 0 Å². The van der Waals surface area contributed by atoms with E-state index < -0.39 is 0 Å². The summed E-state index contributed by atoms with van der Waals surface area (Å²) in [5.41, 5.74) is 6.48. The zero-order valence-electron chi connectivity index (χ0n) is 14.2. The molecule has 0 aromatic heterocycles. The Labute approximate surface area is 155 Å². The number of allylic oxidation sites excluding steroid dienone is 4. The Morgan fingerprint density at radius 2 is 0.952 bits per heavy atom. The molecule has 0 aliphatic carbocycles. The first-order chi connectivity index (χ1) is 8.61. The summed E-state index contributed by atoms with van der Waals surface area (Å²) >= 11 is -0.0828. The molecule has 118 valence electrons. The fraction of sp³-hybridized carbons (Fsp3) is 0.625. The Morgan fingerprint density at radius 3 is 1.14 bits per heavy atom. The third-order valence-electron chi connectivity index (χ3n) is 4.94. The molecule has 0 spiro atoms. The largest absolute Gasteiger partial charge is 0.147 e. The maximum atomic E-state index is 2.51. The van der Waals surface area contributed by atoms with Gasteiger partial charge >= 0.3 is 131 Å². The van der Waals surface area contributed by atoms with E-state index in [2.05, 4.69) is 55.4 Å². The molecule has 2 unspecified atom stereocenters. The average molecular weight is 399 g/mol. The first-order valence-electron chi connectivity index (χ1n) is 6.89. The van der Waals surface area contributed by atoms with Crippen molar-refractivity contribution in [3.05, 3.63) is 22.3 Å². The number of halogens is 2. The maximum absolute atomic E-state index is 2.51. The second-order valence-corrected chi connectivity index (χ2v) is 14.6. The van der Waals surface area contributed by atoms with Gasteiger partial charge in [-0.15, -0.1) is 24.8 Å². The van der Waals surface area contributed by atoms with Gasteiger partial charge in [0, 0.05) is 0 Å². The van der Waals surface area contributed by atoms with Gasteiger partial charge in [0.15, 0.2) is 0 Å². The Bertz CT molecular complexity index is 525. The van der Waals surface area contributed by atoms with E-state index in [1.807, 2.05) is 0 Å². The molecule has 2 rings (SSSR count). The van der Waals surface area contributed by atoms with E-state index in [9.17, 15) is 0 Å². The predicted molar refractivity (Wildman–Crippen MR) is 103 cm³/mol. The molecule has 2 atom stereocenters. The van der Waals surface area contributed by atoms with E-state index in [4.69, 9.17) is 0 Å². The maximum Gasteiger partial charge on any atom is -0.147 e.